The van der Waals surface area contributed by atoms with E-state index in [2.05, 4.69) is 9.88 Å². The van der Waals surface area contributed by atoms with Gasteiger partial charge < -0.3 is 9.72 Å². The minimum atomic E-state index is -3.34. The van der Waals surface area contributed by atoms with Crippen molar-refractivity contribution in [2.45, 2.75) is 45.3 Å². The molecule has 0 amide bonds. The van der Waals surface area contributed by atoms with E-state index in [1.807, 2.05) is 12.1 Å². The number of benzene rings is 1. The Morgan fingerprint density at radius 2 is 2.00 bits per heavy atom. The number of esters is 1. The molecule has 0 aliphatic carbocycles. The molecule has 9 nitrogen and oxygen atoms in total. The summed E-state index contributed by atoms with van der Waals surface area (Å²) in [5.41, 5.74) is 2.01. The van der Waals surface area contributed by atoms with Gasteiger partial charge in [0.25, 0.3) is 5.56 Å². The number of nitrogens with one attached hydrogen (secondary N) is 1. The number of H-pyrrole nitrogens is 1. The minimum absolute atomic E-state index is 0.0419. The maximum absolute atomic E-state index is 12.7. The number of ether oxygens (including phenoxy) is 1. The second kappa shape index (κ2) is 8.52. The molecule has 0 bridgehead atoms. The zero-order valence-corrected chi connectivity index (χ0v) is 18.4. The van der Waals surface area contributed by atoms with Crippen LogP contribution in [-0.4, -0.2) is 52.9 Å². The highest BCUT2D eigenvalue weighted by molar-refractivity contribution is 7.88. The molecule has 0 spiro atoms. The molecule has 0 radical (unpaired) electrons. The number of hydrogen-bond donors (Lipinski definition) is 1. The number of sulfonamides is 1. The Morgan fingerprint density at radius 1 is 1.26 bits per heavy atom. The van der Waals surface area contributed by atoms with E-state index < -0.39 is 10.0 Å². The van der Waals surface area contributed by atoms with Gasteiger partial charge in [0.15, 0.2) is 0 Å². The lowest BCUT2D eigenvalue weighted by atomic mass is 10.1. The molecule has 31 heavy (non-hydrogen) atoms. The normalized spacial score (nSPS) is 19.9. The molecule has 1 saturated heterocycles. The number of rotatable bonds is 5. The fraction of sp³-hybridized carbons (Fsp3) is 0.476. The average Bonchev–Trinajstić information content (AvgIpc) is 3.16. The van der Waals surface area contributed by atoms with Crippen molar-refractivity contribution in [3.05, 3.63) is 57.3 Å². The van der Waals surface area contributed by atoms with Crippen molar-refractivity contribution >= 4 is 16.0 Å². The van der Waals surface area contributed by atoms with E-state index in [9.17, 15) is 18.0 Å². The number of aromatic nitrogens is 2. The van der Waals surface area contributed by atoms with E-state index in [-0.39, 0.29) is 24.1 Å². The SMILES string of the molecule is CC(=O)Oc1ccc(CN2CCCC2c2nc3c(c(=O)[nH]2)CCN(S(C)(=O)=O)C3)cc1. The molecule has 166 valence electrons. The fourth-order valence-corrected chi connectivity index (χ4v) is 5.04. The predicted octanol–water partition coefficient (Wildman–Crippen LogP) is 1.35. The molecule has 1 atom stereocenters. The number of nitrogens with zero attached hydrogens (tertiary/aromatic N) is 3. The molecule has 1 fully saturated rings. The maximum atomic E-state index is 12.7. The molecule has 0 saturated carbocycles. The standard InChI is InChI=1S/C21H26N4O5S/c1-14(26)30-16-7-5-15(6-8-16)12-24-10-3-4-19(24)20-22-18-13-25(31(2,28)29)11-9-17(18)21(27)23-20/h5-8,19H,3-4,9-13H2,1-2H3,(H,22,23,27). The molecule has 2 aliphatic heterocycles. The molecule has 4 rings (SSSR count). The van der Waals surface area contributed by atoms with Gasteiger partial charge in [-0.05, 0) is 43.5 Å². The monoisotopic (exact) mass is 446 g/mol. The van der Waals surface area contributed by atoms with Crippen LogP contribution in [-0.2, 0) is 34.3 Å². The molecule has 10 heteroatoms. The van der Waals surface area contributed by atoms with E-state index in [1.165, 1.54) is 17.5 Å². The Kier molecular flexibility index (Phi) is 5.96. The number of fused-ring (bicyclic) bond motifs is 1. The topological polar surface area (TPSA) is 113 Å². The highest BCUT2D eigenvalue weighted by atomic mass is 32.2. The van der Waals surface area contributed by atoms with Crippen molar-refractivity contribution in [2.24, 2.45) is 0 Å². The van der Waals surface area contributed by atoms with Gasteiger partial charge >= 0.3 is 5.97 Å². The number of carbonyl (C=O) groups is 1. The zero-order valence-electron chi connectivity index (χ0n) is 17.6. The second-order valence-corrected chi connectivity index (χ2v) is 10.1. The number of carbonyl (C=O) groups excluding carboxylic acids is 1. The molecule has 1 aromatic carbocycles. The Morgan fingerprint density at radius 3 is 2.68 bits per heavy atom. The van der Waals surface area contributed by atoms with Crippen LogP contribution in [0.5, 0.6) is 5.75 Å². The van der Waals surface area contributed by atoms with Gasteiger partial charge in [0.05, 0.1) is 24.5 Å². The Balaban J connectivity index is 1.54. The lowest BCUT2D eigenvalue weighted by molar-refractivity contribution is -0.131. The van der Waals surface area contributed by atoms with Gasteiger partial charge in [-0.1, -0.05) is 12.1 Å². The molecular weight excluding hydrogens is 420 g/mol. The Bertz CT molecular complexity index is 1140. The minimum Gasteiger partial charge on any atom is -0.427 e. The predicted molar refractivity (Wildman–Crippen MR) is 114 cm³/mol. The fourth-order valence-electron chi connectivity index (χ4n) is 4.26. The van der Waals surface area contributed by atoms with Crippen LogP contribution in [0.15, 0.2) is 29.1 Å². The third-order valence-electron chi connectivity index (χ3n) is 5.78. The number of hydrogen-bond acceptors (Lipinski definition) is 7. The van der Waals surface area contributed by atoms with Gasteiger partial charge in [0.1, 0.15) is 11.6 Å². The molecule has 2 aromatic rings. The third-order valence-corrected chi connectivity index (χ3v) is 7.03. The molecular formula is C21H26N4O5S. The molecule has 1 unspecified atom stereocenters. The summed E-state index contributed by atoms with van der Waals surface area (Å²) in [5, 5.41) is 0. The summed E-state index contributed by atoms with van der Waals surface area (Å²) in [6.45, 7) is 3.34. The summed E-state index contributed by atoms with van der Waals surface area (Å²) >= 11 is 0. The van der Waals surface area contributed by atoms with Crippen molar-refractivity contribution in [3.8, 4) is 5.75 Å². The van der Waals surface area contributed by atoms with Crippen molar-refractivity contribution < 1.29 is 17.9 Å². The number of likely N-dealkylation sites (tertiary alicyclic amines) is 1. The van der Waals surface area contributed by atoms with Crippen molar-refractivity contribution in [1.82, 2.24) is 19.2 Å². The maximum Gasteiger partial charge on any atom is 0.308 e. The van der Waals surface area contributed by atoms with Crippen molar-refractivity contribution in [1.29, 1.82) is 0 Å². The van der Waals surface area contributed by atoms with Gasteiger partial charge in [-0.15, -0.1) is 0 Å². The van der Waals surface area contributed by atoms with Crippen LogP contribution in [0.4, 0.5) is 0 Å². The van der Waals surface area contributed by atoms with Gasteiger partial charge in [-0.3, -0.25) is 14.5 Å². The summed E-state index contributed by atoms with van der Waals surface area (Å²) in [6.07, 6.45) is 3.39. The molecule has 3 heterocycles. The summed E-state index contributed by atoms with van der Waals surface area (Å²) in [7, 11) is -3.34. The molecule has 1 aromatic heterocycles. The highest BCUT2D eigenvalue weighted by Crippen LogP contribution is 2.32. The first-order valence-corrected chi connectivity index (χ1v) is 12.1. The lowest BCUT2D eigenvalue weighted by Gasteiger charge is -2.28. The van der Waals surface area contributed by atoms with Crippen LogP contribution < -0.4 is 10.3 Å². The van der Waals surface area contributed by atoms with Crippen molar-refractivity contribution in [2.75, 3.05) is 19.3 Å². The van der Waals surface area contributed by atoms with Crippen LogP contribution in [0.25, 0.3) is 0 Å². The lowest BCUT2D eigenvalue weighted by Crippen LogP contribution is -2.39. The zero-order chi connectivity index (χ0) is 22.2. The average molecular weight is 447 g/mol. The largest absolute Gasteiger partial charge is 0.427 e. The van der Waals surface area contributed by atoms with Gasteiger partial charge in [0, 0.05) is 25.6 Å². The Labute approximate surface area is 181 Å². The summed E-state index contributed by atoms with van der Waals surface area (Å²) < 4.78 is 30.3. The van der Waals surface area contributed by atoms with E-state index in [0.717, 1.165) is 24.9 Å². The Hall–Kier alpha value is -2.56. The third kappa shape index (κ3) is 4.86. The first kappa shape index (κ1) is 21.7. The van der Waals surface area contributed by atoms with Gasteiger partial charge in [-0.2, -0.15) is 4.31 Å². The summed E-state index contributed by atoms with van der Waals surface area (Å²) in [5.74, 6) is 0.739. The van der Waals surface area contributed by atoms with E-state index in [0.29, 0.717) is 42.3 Å². The molecule has 1 N–H and O–H groups in total. The van der Waals surface area contributed by atoms with Gasteiger partial charge in [-0.25, -0.2) is 13.4 Å². The second-order valence-electron chi connectivity index (χ2n) is 8.09. The van der Waals surface area contributed by atoms with Crippen molar-refractivity contribution in [3.63, 3.8) is 0 Å². The first-order chi connectivity index (χ1) is 14.7. The first-order valence-electron chi connectivity index (χ1n) is 10.3. The van der Waals surface area contributed by atoms with E-state index in [1.54, 1.807) is 12.1 Å². The van der Waals surface area contributed by atoms with Crippen LogP contribution in [0, 0.1) is 0 Å². The summed E-state index contributed by atoms with van der Waals surface area (Å²) in [6, 6.07) is 7.32. The molecule has 2 aliphatic rings. The van der Waals surface area contributed by atoms with Crippen LogP contribution in [0.1, 0.15) is 48.5 Å². The van der Waals surface area contributed by atoms with E-state index in [4.69, 9.17) is 9.72 Å². The highest BCUT2D eigenvalue weighted by Gasteiger charge is 2.31. The van der Waals surface area contributed by atoms with Crippen LogP contribution >= 0.6 is 0 Å². The van der Waals surface area contributed by atoms with E-state index >= 15 is 0 Å². The smallest absolute Gasteiger partial charge is 0.308 e. The number of aromatic amines is 1. The quantitative estimate of drug-likeness (QED) is 0.545. The summed E-state index contributed by atoms with van der Waals surface area (Å²) in [4.78, 5) is 33.6. The van der Waals surface area contributed by atoms with Crippen LogP contribution in [0.3, 0.4) is 0 Å². The van der Waals surface area contributed by atoms with Crippen LogP contribution in [0.2, 0.25) is 0 Å². The van der Waals surface area contributed by atoms with Gasteiger partial charge in [0.2, 0.25) is 10.0 Å².